The van der Waals surface area contributed by atoms with Crippen LogP contribution in [0.25, 0.3) is 0 Å². The second kappa shape index (κ2) is 6.68. The predicted molar refractivity (Wildman–Crippen MR) is 65.4 cm³/mol. The monoisotopic (exact) mass is 235 g/mol. The zero-order valence-corrected chi connectivity index (χ0v) is 10.1. The van der Waals surface area contributed by atoms with Crippen molar-refractivity contribution in [2.24, 2.45) is 5.16 Å². The summed E-state index contributed by atoms with van der Waals surface area (Å²) in [4.78, 5) is 11.2. The van der Waals surface area contributed by atoms with Crippen molar-refractivity contribution in [3.8, 4) is 0 Å². The molecule has 1 aromatic rings. The quantitative estimate of drug-likeness (QED) is 0.369. The van der Waals surface area contributed by atoms with Gasteiger partial charge in [-0.15, -0.1) is 0 Å². The van der Waals surface area contributed by atoms with E-state index in [-0.39, 0.29) is 12.4 Å². The largest absolute Gasteiger partial charge is 0.466 e. The number of esters is 1. The third-order valence-electron chi connectivity index (χ3n) is 2.38. The van der Waals surface area contributed by atoms with Gasteiger partial charge in [0.15, 0.2) is 0 Å². The number of hydrogen-bond acceptors (Lipinski definition) is 4. The van der Waals surface area contributed by atoms with Crippen molar-refractivity contribution in [3.05, 3.63) is 35.4 Å². The van der Waals surface area contributed by atoms with E-state index in [2.05, 4.69) is 5.16 Å². The molecule has 0 fully saturated rings. The lowest BCUT2D eigenvalue weighted by Gasteiger charge is -2.05. The van der Waals surface area contributed by atoms with E-state index < -0.39 is 0 Å². The number of carbonyl (C=O) groups excluding carboxylic acids is 1. The highest BCUT2D eigenvalue weighted by molar-refractivity contribution is 6.01. The Labute approximate surface area is 101 Å². The maximum atomic E-state index is 11.2. The lowest BCUT2D eigenvalue weighted by atomic mass is 10.0. The molecule has 4 heteroatoms. The Morgan fingerprint density at radius 3 is 2.47 bits per heavy atom. The zero-order valence-electron chi connectivity index (χ0n) is 10.1. The van der Waals surface area contributed by atoms with Crippen molar-refractivity contribution < 1.29 is 14.7 Å². The number of oxime groups is 1. The summed E-state index contributed by atoms with van der Waals surface area (Å²) < 4.78 is 4.82. The fraction of sp³-hybridized carbons (Fsp3) is 0.385. The standard InChI is InChI=1S/C13H17NO3/c1-3-17-13(15)9-8-12(14-16)11-6-4-10(2)5-7-11/h4-7,16H,3,8-9H2,1-2H3. The molecule has 0 atom stereocenters. The van der Waals surface area contributed by atoms with E-state index in [0.29, 0.717) is 18.7 Å². The van der Waals surface area contributed by atoms with Crippen LogP contribution >= 0.6 is 0 Å². The molecule has 0 amide bonds. The molecule has 0 aromatic heterocycles. The molecule has 0 bridgehead atoms. The molecule has 0 saturated heterocycles. The van der Waals surface area contributed by atoms with Gasteiger partial charge in [-0.05, 0) is 19.4 Å². The number of nitrogens with zero attached hydrogens (tertiary/aromatic N) is 1. The Kier molecular flexibility index (Phi) is 5.20. The van der Waals surface area contributed by atoms with Gasteiger partial charge in [-0.25, -0.2) is 0 Å². The fourth-order valence-electron chi connectivity index (χ4n) is 1.45. The lowest BCUT2D eigenvalue weighted by molar-refractivity contribution is -0.142. The van der Waals surface area contributed by atoms with Gasteiger partial charge in [0.1, 0.15) is 0 Å². The first-order valence-electron chi connectivity index (χ1n) is 5.61. The van der Waals surface area contributed by atoms with Crippen molar-refractivity contribution in [1.82, 2.24) is 0 Å². The maximum Gasteiger partial charge on any atom is 0.306 e. The van der Waals surface area contributed by atoms with Crippen LogP contribution in [0.4, 0.5) is 0 Å². The van der Waals surface area contributed by atoms with Crippen molar-refractivity contribution in [2.75, 3.05) is 6.61 Å². The molecule has 0 aliphatic heterocycles. The van der Waals surface area contributed by atoms with Crippen LogP contribution in [0.3, 0.4) is 0 Å². The molecule has 1 N–H and O–H groups in total. The van der Waals surface area contributed by atoms with Crippen molar-refractivity contribution in [1.29, 1.82) is 0 Å². The third-order valence-corrected chi connectivity index (χ3v) is 2.38. The third kappa shape index (κ3) is 4.26. The number of carbonyl (C=O) groups is 1. The molecule has 0 saturated carbocycles. The predicted octanol–water partition coefficient (Wildman–Crippen LogP) is 2.52. The van der Waals surface area contributed by atoms with Gasteiger partial charge >= 0.3 is 5.97 Å². The van der Waals surface area contributed by atoms with E-state index in [1.807, 2.05) is 31.2 Å². The Bertz CT molecular complexity index is 396. The number of rotatable bonds is 5. The minimum Gasteiger partial charge on any atom is -0.466 e. The molecule has 4 nitrogen and oxygen atoms in total. The van der Waals surface area contributed by atoms with Crippen LogP contribution in [0.2, 0.25) is 0 Å². The summed E-state index contributed by atoms with van der Waals surface area (Å²) in [6, 6.07) is 7.61. The summed E-state index contributed by atoms with van der Waals surface area (Å²) in [5.41, 5.74) is 2.46. The normalized spacial score (nSPS) is 11.3. The van der Waals surface area contributed by atoms with Crippen molar-refractivity contribution in [3.63, 3.8) is 0 Å². The Morgan fingerprint density at radius 2 is 1.94 bits per heavy atom. The van der Waals surface area contributed by atoms with E-state index in [9.17, 15) is 4.79 Å². The van der Waals surface area contributed by atoms with Crippen molar-refractivity contribution >= 4 is 11.7 Å². The van der Waals surface area contributed by atoms with E-state index in [1.165, 1.54) is 0 Å². The Hall–Kier alpha value is -1.84. The highest BCUT2D eigenvalue weighted by Gasteiger charge is 2.08. The first-order chi connectivity index (χ1) is 8.17. The number of hydrogen-bond donors (Lipinski definition) is 1. The molecule has 0 aliphatic carbocycles. The van der Waals surface area contributed by atoms with Crippen LogP contribution in [0.15, 0.2) is 29.4 Å². The molecule has 0 unspecified atom stereocenters. The van der Waals surface area contributed by atoms with Crippen molar-refractivity contribution in [2.45, 2.75) is 26.7 Å². The summed E-state index contributed by atoms with van der Waals surface area (Å²) in [5.74, 6) is -0.277. The number of benzene rings is 1. The smallest absolute Gasteiger partial charge is 0.306 e. The minimum atomic E-state index is -0.277. The van der Waals surface area contributed by atoms with Crippen LogP contribution in [0.1, 0.15) is 30.9 Å². The van der Waals surface area contributed by atoms with E-state index >= 15 is 0 Å². The summed E-state index contributed by atoms with van der Waals surface area (Å²) in [6.07, 6.45) is 0.597. The number of ether oxygens (including phenoxy) is 1. The molecule has 0 heterocycles. The van der Waals surface area contributed by atoms with Crippen LogP contribution < -0.4 is 0 Å². The second-order valence-electron chi connectivity index (χ2n) is 3.72. The maximum absolute atomic E-state index is 11.2. The summed E-state index contributed by atoms with van der Waals surface area (Å²) in [5, 5.41) is 12.2. The topological polar surface area (TPSA) is 58.9 Å². The fourth-order valence-corrected chi connectivity index (χ4v) is 1.45. The van der Waals surface area contributed by atoms with Crippen LogP contribution in [0, 0.1) is 6.92 Å². The first kappa shape index (κ1) is 13.2. The second-order valence-corrected chi connectivity index (χ2v) is 3.72. The summed E-state index contributed by atoms with van der Waals surface area (Å²) in [7, 11) is 0. The van der Waals surface area contributed by atoms with E-state index in [1.54, 1.807) is 6.92 Å². The van der Waals surface area contributed by atoms with Crippen LogP contribution in [0.5, 0.6) is 0 Å². The van der Waals surface area contributed by atoms with Gasteiger partial charge in [-0.3, -0.25) is 4.79 Å². The SMILES string of the molecule is CCOC(=O)CCC(=NO)c1ccc(C)cc1. The molecule has 0 aliphatic rings. The van der Waals surface area contributed by atoms with Gasteiger partial charge in [0.2, 0.25) is 0 Å². The molecule has 92 valence electrons. The van der Waals surface area contributed by atoms with Crippen LogP contribution in [-0.4, -0.2) is 23.5 Å². The Balaban J connectivity index is 2.61. The highest BCUT2D eigenvalue weighted by atomic mass is 16.5. The molecular weight excluding hydrogens is 218 g/mol. The van der Waals surface area contributed by atoms with Gasteiger partial charge < -0.3 is 9.94 Å². The average Bonchev–Trinajstić information content (AvgIpc) is 2.32. The van der Waals surface area contributed by atoms with Gasteiger partial charge in [-0.2, -0.15) is 0 Å². The Morgan fingerprint density at radius 1 is 1.29 bits per heavy atom. The molecular formula is C13H17NO3. The van der Waals surface area contributed by atoms with E-state index in [0.717, 1.165) is 11.1 Å². The summed E-state index contributed by atoms with van der Waals surface area (Å²) in [6.45, 7) is 4.12. The van der Waals surface area contributed by atoms with Crippen LogP contribution in [-0.2, 0) is 9.53 Å². The lowest BCUT2D eigenvalue weighted by Crippen LogP contribution is -2.08. The average molecular weight is 235 g/mol. The van der Waals surface area contributed by atoms with Gasteiger partial charge in [0.05, 0.1) is 18.7 Å². The minimum absolute atomic E-state index is 0.223. The van der Waals surface area contributed by atoms with Gasteiger partial charge in [-0.1, -0.05) is 35.0 Å². The molecule has 0 spiro atoms. The molecule has 0 radical (unpaired) electrons. The van der Waals surface area contributed by atoms with Gasteiger partial charge in [0.25, 0.3) is 0 Å². The van der Waals surface area contributed by atoms with E-state index in [4.69, 9.17) is 9.94 Å². The molecule has 1 aromatic carbocycles. The molecule has 1 rings (SSSR count). The molecule has 17 heavy (non-hydrogen) atoms. The highest BCUT2D eigenvalue weighted by Crippen LogP contribution is 2.09. The summed E-state index contributed by atoms with van der Waals surface area (Å²) >= 11 is 0. The van der Waals surface area contributed by atoms with Gasteiger partial charge in [0, 0.05) is 6.42 Å². The first-order valence-corrected chi connectivity index (χ1v) is 5.61. The number of aryl methyl sites for hydroxylation is 1. The zero-order chi connectivity index (χ0) is 12.7.